The normalized spacial score (nSPS) is 11.8. The standard InChI is InChI=1S/C24H18F3IO4S/c25-24(26,27)32-21-9-5-4-8-19(21)18(16-6-2-1-3-7-16)12-13-33-17-10-11-22(20(28)14-17)31-15-23(29)30/h1-12,14H,13,15H2,(H,29,30). The molecule has 33 heavy (non-hydrogen) atoms. The first-order chi connectivity index (χ1) is 15.7. The highest BCUT2D eigenvalue weighted by Gasteiger charge is 2.32. The molecule has 0 aromatic heterocycles. The molecule has 0 bridgehead atoms. The molecule has 0 fully saturated rings. The van der Waals surface area contributed by atoms with Gasteiger partial charge in [0.1, 0.15) is 11.5 Å². The van der Waals surface area contributed by atoms with Crippen LogP contribution >= 0.6 is 34.4 Å². The van der Waals surface area contributed by atoms with Gasteiger partial charge in [0.2, 0.25) is 0 Å². The van der Waals surface area contributed by atoms with Gasteiger partial charge in [0.05, 0.1) is 3.57 Å². The number of para-hydroxylation sites is 1. The van der Waals surface area contributed by atoms with Crippen LogP contribution in [0.15, 0.2) is 83.8 Å². The number of carbonyl (C=O) groups is 1. The molecule has 172 valence electrons. The van der Waals surface area contributed by atoms with E-state index in [1.165, 1.54) is 23.9 Å². The van der Waals surface area contributed by atoms with E-state index in [-0.39, 0.29) is 5.75 Å². The number of rotatable bonds is 9. The van der Waals surface area contributed by atoms with Crippen molar-refractivity contribution in [1.82, 2.24) is 0 Å². The van der Waals surface area contributed by atoms with E-state index in [4.69, 9.17) is 9.84 Å². The Hall–Kier alpha value is -2.66. The van der Waals surface area contributed by atoms with E-state index in [2.05, 4.69) is 27.3 Å². The highest BCUT2D eigenvalue weighted by molar-refractivity contribution is 14.1. The van der Waals surface area contributed by atoms with E-state index >= 15 is 0 Å². The van der Waals surface area contributed by atoms with Gasteiger partial charge in [0.25, 0.3) is 0 Å². The second-order valence-corrected chi connectivity index (χ2v) is 8.87. The third-order valence-electron chi connectivity index (χ3n) is 4.28. The first kappa shape index (κ1) is 25.0. The van der Waals surface area contributed by atoms with Crippen molar-refractivity contribution in [2.75, 3.05) is 12.4 Å². The molecule has 0 saturated heterocycles. The third-order valence-corrected chi connectivity index (χ3v) is 6.04. The number of benzene rings is 3. The third kappa shape index (κ3) is 7.71. The fourth-order valence-electron chi connectivity index (χ4n) is 2.95. The van der Waals surface area contributed by atoms with Crippen LogP contribution in [0.5, 0.6) is 11.5 Å². The minimum absolute atomic E-state index is 0.264. The van der Waals surface area contributed by atoms with Crippen molar-refractivity contribution in [2.24, 2.45) is 0 Å². The van der Waals surface area contributed by atoms with E-state index in [0.29, 0.717) is 22.6 Å². The van der Waals surface area contributed by atoms with Crippen LogP contribution in [0, 0.1) is 3.57 Å². The predicted molar refractivity (Wildman–Crippen MR) is 130 cm³/mol. The van der Waals surface area contributed by atoms with Gasteiger partial charge in [-0.05, 0) is 58.0 Å². The Kier molecular flexibility index (Phi) is 8.67. The molecule has 0 unspecified atom stereocenters. The zero-order valence-corrected chi connectivity index (χ0v) is 20.0. The maximum absolute atomic E-state index is 12.9. The Morgan fingerprint density at radius 2 is 1.70 bits per heavy atom. The molecule has 1 N–H and O–H groups in total. The molecule has 0 heterocycles. The number of aliphatic carboxylic acids is 1. The topological polar surface area (TPSA) is 55.8 Å². The first-order valence-corrected chi connectivity index (χ1v) is 11.7. The van der Waals surface area contributed by atoms with Crippen LogP contribution in [0.25, 0.3) is 5.57 Å². The lowest BCUT2D eigenvalue weighted by molar-refractivity contribution is -0.274. The molecule has 0 spiro atoms. The van der Waals surface area contributed by atoms with Crippen molar-refractivity contribution in [3.8, 4) is 11.5 Å². The van der Waals surface area contributed by atoms with Gasteiger partial charge in [-0.2, -0.15) is 0 Å². The van der Waals surface area contributed by atoms with Crippen LogP contribution in [-0.4, -0.2) is 29.8 Å². The maximum Gasteiger partial charge on any atom is 0.573 e. The van der Waals surface area contributed by atoms with Crippen LogP contribution in [-0.2, 0) is 4.79 Å². The van der Waals surface area contributed by atoms with Gasteiger partial charge < -0.3 is 14.6 Å². The fourth-order valence-corrected chi connectivity index (χ4v) is 4.64. The lowest BCUT2D eigenvalue weighted by Crippen LogP contribution is -2.18. The smallest absolute Gasteiger partial charge is 0.481 e. The first-order valence-electron chi connectivity index (χ1n) is 9.60. The summed E-state index contributed by atoms with van der Waals surface area (Å²) < 4.78 is 49.1. The molecule has 3 aromatic rings. The molecule has 0 amide bonds. The van der Waals surface area contributed by atoms with Crippen LogP contribution in [0.3, 0.4) is 0 Å². The number of carboxylic acids is 1. The van der Waals surface area contributed by atoms with Gasteiger partial charge >= 0.3 is 12.3 Å². The summed E-state index contributed by atoms with van der Waals surface area (Å²) in [5.74, 6) is -0.367. The minimum atomic E-state index is -4.80. The van der Waals surface area contributed by atoms with Gasteiger partial charge in [0.15, 0.2) is 6.61 Å². The van der Waals surface area contributed by atoms with E-state index in [9.17, 15) is 18.0 Å². The highest BCUT2D eigenvalue weighted by Crippen LogP contribution is 2.35. The molecule has 0 saturated carbocycles. The quantitative estimate of drug-likeness (QED) is 0.219. The monoisotopic (exact) mass is 586 g/mol. The second kappa shape index (κ2) is 11.5. The van der Waals surface area contributed by atoms with Gasteiger partial charge in [-0.15, -0.1) is 24.9 Å². The zero-order chi connectivity index (χ0) is 23.8. The second-order valence-electron chi connectivity index (χ2n) is 6.61. The fraction of sp³-hybridized carbons (Fsp3) is 0.125. The Morgan fingerprint density at radius 3 is 2.36 bits per heavy atom. The number of hydrogen-bond donors (Lipinski definition) is 1. The summed E-state index contributed by atoms with van der Waals surface area (Å²) in [7, 11) is 0. The Bertz CT molecular complexity index is 1130. The summed E-state index contributed by atoms with van der Waals surface area (Å²) in [6, 6.07) is 20.6. The summed E-state index contributed by atoms with van der Waals surface area (Å²) in [6.07, 6.45) is -2.94. The molecular weight excluding hydrogens is 568 g/mol. The van der Waals surface area contributed by atoms with Crippen molar-refractivity contribution in [1.29, 1.82) is 0 Å². The van der Waals surface area contributed by atoms with Crippen LogP contribution < -0.4 is 9.47 Å². The molecule has 4 nitrogen and oxygen atoms in total. The Morgan fingerprint density at radius 1 is 1.00 bits per heavy atom. The summed E-state index contributed by atoms with van der Waals surface area (Å²) in [6.45, 7) is -0.426. The molecule has 3 aromatic carbocycles. The van der Waals surface area contributed by atoms with Gasteiger partial charge in [-0.1, -0.05) is 54.6 Å². The molecule has 0 aliphatic rings. The van der Waals surface area contributed by atoms with Crippen LogP contribution in [0.4, 0.5) is 13.2 Å². The average Bonchev–Trinajstić information content (AvgIpc) is 2.76. The molecular formula is C24H18F3IO4S. The Labute approximate surface area is 206 Å². The largest absolute Gasteiger partial charge is 0.573 e. The predicted octanol–water partition coefficient (Wildman–Crippen LogP) is 6.88. The zero-order valence-electron chi connectivity index (χ0n) is 17.0. The van der Waals surface area contributed by atoms with Crippen molar-refractivity contribution in [2.45, 2.75) is 11.3 Å². The van der Waals surface area contributed by atoms with E-state index in [1.807, 2.05) is 42.5 Å². The highest BCUT2D eigenvalue weighted by atomic mass is 127. The van der Waals surface area contributed by atoms with Gasteiger partial charge in [-0.25, -0.2) is 4.79 Å². The van der Waals surface area contributed by atoms with Gasteiger partial charge in [0, 0.05) is 16.2 Å². The number of thioether (sulfide) groups is 1. The summed E-state index contributed by atoms with van der Waals surface area (Å²) in [5.41, 5.74) is 1.73. The maximum atomic E-state index is 12.9. The summed E-state index contributed by atoms with van der Waals surface area (Å²) in [4.78, 5) is 11.6. The molecule has 3 rings (SSSR count). The summed E-state index contributed by atoms with van der Waals surface area (Å²) in [5, 5.41) is 8.75. The number of alkyl halides is 3. The molecule has 0 aliphatic heterocycles. The van der Waals surface area contributed by atoms with Crippen molar-refractivity contribution < 1.29 is 32.5 Å². The lowest BCUT2D eigenvalue weighted by atomic mass is 9.97. The molecule has 0 aliphatic carbocycles. The number of ether oxygens (including phenoxy) is 2. The van der Waals surface area contributed by atoms with E-state index < -0.39 is 18.9 Å². The average molecular weight is 586 g/mol. The van der Waals surface area contributed by atoms with Crippen molar-refractivity contribution >= 4 is 45.9 Å². The van der Waals surface area contributed by atoms with E-state index in [0.717, 1.165) is 14.0 Å². The van der Waals surface area contributed by atoms with Crippen molar-refractivity contribution in [3.63, 3.8) is 0 Å². The number of hydrogen-bond acceptors (Lipinski definition) is 4. The molecule has 9 heteroatoms. The minimum Gasteiger partial charge on any atom is -0.481 e. The van der Waals surface area contributed by atoms with Crippen LogP contribution in [0.2, 0.25) is 0 Å². The SMILES string of the molecule is O=C(O)COc1ccc(SCC=C(c2ccccc2)c2ccccc2OC(F)(F)F)cc1I. The molecule has 0 radical (unpaired) electrons. The van der Waals surface area contributed by atoms with Crippen LogP contribution in [0.1, 0.15) is 11.1 Å². The van der Waals surface area contributed by atoms with E-state index in [1.54, 1.807) is 24.3 Å². The number of halogens is 4. The lowest BCUT2D eigenvalue weighted by Gasteiger charge is -2.16. The molecule has 0 atom stereocenters. The summed E-state index contributed by atoms with van der Waals surface area (Å²) >= 11 is 3.55. The Balaban J connectivity index is 1.85. The van der Waals surface area contributed by atoms with Gasteiger partial charge in [-0.3, -0.25) is 0 Å². The number of carboxylic acid groups (broad SMARTS) is 1. The van der Waals surface area contributed by atoms with Crippen molar-refractivity contribution in [3.05, 3.63) is 93.6 Å².